The molecule has 5 heteroatoms. The number of aryl methyl sites for hydroxylation is 1. The molecule has 0 saturated carbocycles. The summed E-state index contributed by atoms with van der Waals surface area (Å²) in [6.45, 7) is 3.74. The number of aromatic nitrogens is 2. The molecule has 3 rings (SSSR count). The fourth-order valence-electron chi connectivity index (χ4n) is 2.42. The van der Waals surface area contributed by atoms with Gasteiger partial charge in [0.15, 0.2) is 0 Å². The lowest BCUT2D eigenvalue weighted by molar-refractivity contribution is -0.574. The summed E-state index contributed by atoms with van der Waals surface area (Å²) in [4.78, 5) is 9.25. The number of hydrogen-bond donors (Lipinski definition) is 1. The van der Waals surface area contributed by atoms with E-state index >= 15 is 0 Å². The van der Waals surface area contributed by atoms with Gasteiger partial charge in [-0.15, -0.1) is 0 Å². The molecule has 0 spiro atoms. The Bertz CT molecular complexity index is 752. The highest BCUT2D eigenvalue weighted by atomic mass is 16.5. The van der Waals surface area contributed by atoms with Crippen molar-refractivity contribution in [2.45, 2.75) is 19.8 Å². The lowest BCUT2D eigenvalue weighted by Gasteiger charge is -2.02. The number of rotatable bonds is 6. The van der Waals surface area contributed by atoms with Crippen molar-refractivity contribution in [3.8, 4) is 0 Å². The van der Waals surface area contributed by atoms with Crippen LogP contribution in [0.2, 0.25) is 0 Å². The highest BCUT2D eigenvalue weighted by molar-refractivity contribution is 6.04. The van der Waals surface area contributed by atoms with Gasteiger partial charge in [-0.05, 0) is 12.1 Å². The number of para-hydroxylation sites is 1. The van der Waals surface area contributed by atoms with Gasteiger partial charge in [-0.1, -0.05) is 19.1 Å². The molecule has 5 nitrogen and oxygen atoms in total. The molecular weight excluding hydrogens is 266 g/mol. The molecular formula is C16H20N3O2+. The van der Waals surface area contributed by atoms with Crippen molar-refractivity contribution < 1.29 is 14.5 Å². The zero-order chi connectivity index (χ0) is 14.7. The molecule has 0 aliphatic carbocycles. The van der Waals surface area contributed by atoms with Crippen molar-refractivity contribution in [2.75, 3.05) is 20.3 Å². The predicted octanol–water partition coefficient (Wildman–Crippen LogP) is 2.17. The van der Waals surface area contributed by atoms with E-state index in [1.807, 2.05) is 24.3 Å². The van der Waals surface area contributed by atoms with Crippen LogP contribution in [-0.4, -0.2) is 30.2 Å². The van der Waals surface area contributed by atoms with Gasteiger partial charge in [0.25, 0.3) is 5.82 Å². The van der Waals surface area contributed by atoms with Crippen molar-refractivity contribution in [2.24, 2.45) is 0 Å². The van der Waals surface area contributed by atoms with Gasteiger partial charge in [0, 0.05) is 25.3 Å². The smallest absolute Gasteiger partial charge is 0.272 e. The Morgan fingerprint density at radius 2 is 2.10 bits per heavy atom. The maximum Gasteiger partial charge on any atom is 0.272 e. The Morgan fingerprint density at radius 3 is 2.90 bits per heavy atom. The Kier molecular flexibility index (Phi) is 4.13. The van der Waals surface area contributed by atoms with Crippen molar-refractivity contribution in [3.05, 3.63) is 30.1 Å². The molecule has 110 valence electrons. The topological polar surface area (TPSA) is 64.8 Å². The van der Waals surface area contributed by atoms with Crippen LogP contribution in [0.1, 0.15) is 19.2 Å². The molecule has 21 heavy (non-hydrogen) atoms. The molecule has 0 aliphatic heterocycles. The van der Waals surface area contributed by atoms with E-state index in [1.165, 1.54) is 0 Å². The molecule has 0 bridgehead atoms. The maximum atomic E-state index is 5.95. The van der Waals surface area contributed by atoms with Crippen molar-refractivity contribution in [1.82, 2.24) is 9.97 Å². The standard InChI is InChI=1S/C16H19N3O2/c1-3-13-18-14-11-7-4-5-8-12(11)21-15(14)16(19-13)17-9-6-10-20-2/h4-5,7-8H,3,6,9-10H2,1-2H3,(H,17,18,19)/p+1. The van der Waals surface area contributed by atoms with Crippen LogP contribution in [0.15, 0.2) is 28.7 Å². The number of benzene rings is 1. The predicted molar refractivity (Wildman–Crippen MR) is 81.6 cm³/mol. The van der Waals surface area contributed by atoms with Gasteiger partial charge < -0.3 is 9.15 Å². The van der Waals surface area contributed by atoms with E-state index in [4.69, 9.17) is 9.15 Å². The lowest BCUT2D eigenvalue weighted by atomic mass is 10.2. The largest absolute Gasteiger partial charge is 0.446 e. The zero-order valence-corrected chi connectivity index (χ0v) is 12.4. The first-order valence-corrected chi connectivity index (χ1v) is 7.33. The Morgan fingerprint density at radius 1 is 1.24 bits per heavy atom. The summed E-state index contributed by atoms with van der Waals surface area (Å²) in [7, 11) is 1.72. The van der Waals surface area contributed by atoms with Crippen LogP contribution >= 0.6 is 0 Å². The van der Waals surface area contributed by atoms with Gasteiger partial charge in [-0.2, -0.15) is 4.98 Å². The van der Waals surface area contributed by atoms with Crippen LogP contribution in [0, 0.1) is 0 Å². The van der Waals surface area contributed by atoms with Crippen molar-refractivity contribution in [3.63, 3.8) is 0 Å². The first-order chi connectivity index (χ1) is 10.3. The average molecular weight is 286 g/mol. The summed E-state index contributed by atoms with van der Waals surface area (Å²) < 4.78 is 11.0. The third-order valence-electron chi connectivity index (χ3n) is 3.50. The van der Waals surface area contributed by atoms with Gasteiger partial charge in [-0.25, -0.2) is 4.98 Å². The summed E-state index contributed by atoms with van der Waals surface area (Å²) in [6, 6.07) is 7.99. The van der Waals surface area contributed by atoms with Crippen LogP contribution in [-0.2, 0) is 11.2 Å². The monoisotopic (exact) mass is 286 g/mol. The minimum Gasteiger partial charge on any atom is -0.446 e. The van der Waals surface area contributed by atoms with Crippen LogP contribution in [0.5, 0.6) is 0 Å². The second-order valence-electron chi connectivity index (χ2n) is 4.99. The summed E-state index contributed by atoms with van der Waals surface area (Å²) in [6.07, 6.45) is 1.79. The van der Waals surface area contributed by atoms with Crippen LogP contribution in [0.25, 0.3) is 22.1 Å². The highest BCUT2D eigenvalue weighted by Gasteiger charge is 2.17. The number of furan rings is 1. The Balaban J connectivity index is 2.04. The normalized spacial score (nSPS) is 11.5. The summed E-state index contributed by atoms with van der Waals surface area (Å²) in [5.41, 5.74) is 2.56. The first kappa shape index (κ1) is 14.0. The molecule has 0 radical (unpaired) electrons. The summed E-state index contributed by atoms with van der Waals surface area (Å²) >= 11 is 0. The highest BCUT2D eigenvalue weighted by Crippen LogP contribution is 2.29. The fourth-order valence-corrected chi connectivity index (χ4v) is 2.42. The van der Waals surface area contributed by atoms with Gasteiger partial charge in [-0.3, -0.25) is 5.32 Å². The molecule has 0 atom stereocenters. The number of hydrogen-bond acceptors (Lipinski definition) is 4. The number of methoxy groups -OCH3 is 1. The Hall–Kier alpha value is -1.98. The number of nitrogens with two attached hydrogens (primary N) is 1. The SMILES string of the molecule is CCc1nc([NH2+]CCCOC)c2oc3ccccc3c2n1. The van der Waals surface area contributed by atoms with E-state index in [0.29, 0.717) is 0 Å². The number of ether oxygens (including phenoxy) is 1. The lowest BCUT2D eigenvalue weighted by Crippen LogP contribution is -2.78. The molecule has 1 aromatic carbocycles. The minimum atomic E-state index is 0.755. The number of quaternary nitrogens is 1. The molecule has 2 heterocycles. The van der Waals surface area contributed by atoms with Gasteiger partial charge in [0.1, 0.15) is 16.9 Å². The van der Waals surface area contributed by atoms with E-state index < -0.39 is 0 Å². The first-order valence-electron chi connectivity index (χ1n) is 7.33. The van der Waals surface area contributed by atoms with E-state index in [-0.39, 0.29) is 0 Å². The molecule has 0 saturated heterocycles. The third-order valence-corrected chi connectivity index (χ3v) is 3.50. The Labute approximate surface area is 123 Å². The third kappa shape index (κ3) is 2.75. The second kappa shape index (κ2) is 6.20. The minimum absolute atomic E-state index is 0.755. The maximum absolute atomic E-state index is 5.95. The van der Waals surface area contributed by atoms with E-state index in [1.54, 1.807) is 7.11 Å². The van der Waals surface area contributed by atoms with Crippen molar-refractivity contribution in [1.29, 1.82) is 0 Å². The number of fused-ring (bicyclic) bond motifs is 3. The second-order valence-corrected chi connectivity index (χ2v) is 4.99. The molecule has 3 aromatic rings. The van der Waals surface area contributed by atoms with Gasteiger partial charge in [0.2, 0.25) is 5.58 Å². The fraction of sp³-hybridized carbons (Fsp3) is 0.375. The molecule has 0 amide bonds. The molecule has 0 aliphatic rings. The zero-order valence-electron chi connectivity index (χ0n) is 12.4. The van der Waals surface area contributed by atoms with Crippen LogP contribution in [0.3, 0.4) is 0 Å². The summed E-state index contributed by atoms with van der Waals surface area (Å²) in [5, 5.41) is 3.17. The molecule has 0 fully saturated rings. The molecule has 2 N–H and O–H groups in total. The number of nitrogens with zero attached hydrogens (tertiary/aromatic N) is 2. The average Bonchev–Trinajstić information content (AvgIpc) is 2.90. The van der Waals surface area contributed by atoms with Gasteiger partial charge in [0.05, 0.1) is 13.2 Å². The molecule has 0 unspecified atom stereocenters. The van der Waals surface area contributed by atoms with Crippen LogP contribution in [0.4, 0.5) is 5.82 Å². The van der Waals surface area contributed by atoms with Crippen molar-refractivity contribution >= 4 is 27.9 Å². The molecule has 2 aromatic heterocycles. The van der Waals surface area contributed by atoms with E-state index in [2.05, 4.69) is 22.2 Å². The summed E-state index contributed by atoms with van der Waals surface area (Å²) in [5.74, 6) is 1.75. The quantitative estimate of drug-likeness (QED) is 0.705. The van der Waals surface area contributed by atoms with E-state index in [9.17, 15) is 0 Å². The van der Waals surface area contributed by atoms with Gasteiger partial charge >= 0.3 is 0 Å². The van der Waals surface area contributed by atoms with Crippen LogP contribution < -0.4 is 5.32 Å². The van der Waals surface area contributed by atoms with E-state index in [0.717, 1.165) is 59.7 Å².